The van der Waals surface area contributed by atoms with E-state index in [9.17, 15) is 37.2 Å². The number of thiocarbonyl (C=S) groups is 1. The number of rotatable bonds is 7. The van der Waals surface area contributed by atoms with E-state index in [2.05, 4.69) is 25.7 Å². The van der Waals surface area contributed by atoms with E-state index in [4.69, 9.17) is 17.0 Å². The molecule has 8 rings (SSSR count). The predicted molar refractivity (Wildman–Crippen MR) is 212 cm³/mol. The van der Waals surface area contributed by atoms with E-state index in [1.54, 1.807) is 36.0 Å². The summed E-state index contributed by atoms with van der Waals surface area (Å²) in [6.07, 6.45) is -4.38. The minimum Gasteiger partial charge on any atom is -0.444 e. The first-order valence-corrected chi connectivity index (χ1v) is 18.5. The van der Waals surface area contributed by atoms with E-state index < -0.39 is 65.0 Å². The van der Waals surface area contributed by atoms with Crippen LogP contribution in [0.1, 0.15) is 69.8 Å². The summed E-state index contributed by atoms with van der Waals surface area (Å²) in [5.74, 6) is -2.34. The summed E-state index contributed by atoms with van der Waals surface area (Å²) < 4.78 is 78.3. The molecule has 304 valence electrons. The van der Waals surface area contributed by atoms with E-state index in [0.29, 0.717) is 40.1 Å². The smallest absolute Gasteiger partial charge is 0.417 e. The number of alkyl halides is 3. The Morgan fingerprint density at radius 3 is 2.45 bits per heavy atom. The molecule has 19 heteroatoms. The van der Waals surface area contributed by atoms with Gasteiger partial charge in [-0.15, -0.1) is 0 Å². The summed E-state index contributed by atoms with van der Waals surface area (Å²) >= 11 is 5.54. The fourth-order valence-corrected chi connectivity index (χ4v) is 8.18. The average Bonchev–Trinajstić information content (AvgIpc) is 3.70. The molecule has 3 aliphatic heterocycles. The Bertz CT molecular complexity index is 2730. The van der Waals surface area contributed by atoms with E-state index >= 15 is 4.39 Å². The largest absolute Gasteiger partial charge is 0.444 e. The molecule has 1 aromatic heterocycles. The van der Waals surface area contributed by atoms with Gasteiger partial charge < -0.3 is 15.0 Å². The Kier molecular flexibility index (Phi) is 9.70. The molecule has 0 saturated carbocycles. The fourth-order valence-electron chi connectivity index (χ4n) is 7.66. The lowest BCUT2D eigenvalue weighted by Crippen LogP contribution is -2.44. The molecule has 1 fully saturated rings. The Labute approximate surface area is 343 Å². The van der Waals surface area contributed by atoms with Crippen molar-refractivity contribution in [2.24, 2.45) is 12.0 Å². The quantitative estimate of drug-likeness (QED) is 0.124. The summed E-state index contributed by atoms with van der Waals surface area (Å²) in [4.78, 5) is 50.4. The minimum absolute atomic E-state index is 0.0253. The highest BCUT2D eigenvalue weighted by molar-refractivity contribution is 7.81. The number of anilines is 4. The van der Waals surface area contributed by atoms with Crippen LogP contribution in [-0.2, 0) is 29.4 Å². The number of Topliss-reactive ketones (excluding diaryl/α,β-unsaturated/α-hetero) is 1. The van der Waals surface area contributed by atoms with Crippen molar-refractivity contribution in [1.82, 2.24) is 14.8 Å². The van der Waals surface area contributed by atoms with Gasteiger partial charge in [0, 0.05) is 40.8 Å². The van der Waals surface area contributed by atoms with Crippen molar-refractivity contribution in [3.05, 3.63) is 130 Å². The van der Waals surface area contributed by atoms with Crippen molar-refractivity contribution in [1.29, 1.82) is 5.26 Å². The van der Waals surface area contributed by atoms with Crippen LogP contribution in [0.25, 0.3) is 0 Å². The topological polar surface area (TPSA) is 158 Å². The number of nitrogens with zero attached hydrogens (tertiary/aromatic N) is 7. The molecular weight excluding hydrogens is 810 g/mol. The summed E-state index contributed by atoms with van der Waals surface area (Å²) in [6, 6.07) is 16.8. The highest BCUT2D eigenvalue weighted by Crippen LogP contribution is 2.45. The van der Waals surface area contributed by atoms with Crippen LogP contribution in [0.3, 0.4) is 0 Å². The van der Waals surface area contributed by atoms with E-state index in [-0.39, 0.29) is 39.9 Å². The molecule has 0 spiro atoms. The van der Waals surface area contributed by atoms with Crippen molar-refractivity contribution < 1.29 is 41.1 Å². The number of aromatic nitrogens is 3. The highest BCUT2D eigenvalue weighted by Gasteiger charge is 2.51. The van der Waals surface area contributed by atoms with Gasteiger partial charge in [0.1, 0.15) is 42.5 Å². The maximum absolute atomic E-state index is 15.5. The van der Waals surface area contributed by atoms with E-state index in [1.165, 1.54) is 61.5 Å². The number of carbonyl (C=O) groups excluding carboxylic acids is 3. The van der Waals surface area contributed by atoms with Crippen LogP contribution in [0.2, 0.25) is 0 Å². The molecule has 2 atom stereocenters. The second-order valence-electron chi connectivity index (χ2n) is 14.6. The third-order valence-corrected chi connectivity index (χ3v) is 10.9. The van der Waals surface area contributed by atoms with Crippen LogP contribution in [0.15, 0.2) is 84.1 Å². The maximum atomic E-state index is 15.5. The number of aryl methyl sites for hydroxylation is 1. The molecule has 2 amide bonds. The second-order valence-corrected chi connectivity index (χ2v) is 15.0. The highest BCUT2D eigenvalue weighted by atomic mass is 32.1. The van der Waals surface area contributed by atoms with Gasteiger partial charge in [0.05, 0.1) is 40.6 Å². The number of nitriles is 1. The van der Waals surface area contributed by atoms with Crippen molar-refractivity contribution in [2.45, 2.75) is 44.1 Å². The molecule has 60 heavy (non-hydrogen) atoms. The van der Waals surface area contributed by atoms with Crippen LogP contribution >= 0.6 is 12.2 Å². The Balaban J connectivity index is 0.959. The fraction of sp³-hybridized carbons (Fsp3) is 0.220. The first-order chi connectivity index (χ1) is 28.5. The molecule has 5 aromatic rings. The number of benzene rings is 4. The lowest BCUT2D eigenvalue weighted by molar-refractivity contribution is -0.137. The SMILES string of the molecule is Cn1ncnc1[C@H]1C2=NCC(=O)c3cc(F)cc(c32)N[C@@H]1c1ccc(NC(=O)OCc2ccc(N3C(=S)N(c4ccc(C#N)c(C(F)(F)F)c4)C(=O)C3(C)C)cc2F)cc1. The van der Waals surface area contributed by atoms with Crippen molar-refractivity contribution >= 4 is 63.6 Å². The van der Waals surface area contributed by atoms with Crippen LogP contribution in [0.5, 0.6) is 0 Å². The van der Waals surface area contributed by atoms with E-state index in [1.807, 2.05) is 0 Å². The van der Waals surface area contributed by atoms with Gasteiger partial charge in [0.2, 0.25) is 0 Å². The Hall–Kier alpha value is -7.07. The van der Waals surface area contributed by atoms with Crippen LogP contribution in [0, 0.1) is 23.0 Å². The average molecular weight is 840 g/mol. The number of hydrogen-bond donors (Lipinski definition) is 2. The van der Waals surface area contributed by atoms with Crippen molar-refractivity contribution in [2.75, 3.05) is 27.0 Å². The number of nitrogens with one attached hydrogen (secondary N) is 2. The zero-order valence-corrected chi connectivity index (χ0v) is 32.5. The number of aliphatic imine (C=N–C) groups is 1. The third-order valence-electron chi connectivity index (χ3n) is 10.5. The molecule has 0 bridgehead atoms. The van der Waals surface area contributed by atoms with Crippen LogP contribution < -0.4 is 20.4 Å². The summed E-state index contributed by atoms with van der Waals surface area (Å²) in [5.41, 5.74) is -0.672. The maximum Gasteiger partial charge on any atom is 0.417 e. The molecule has 2 N–H and O–H groups in total. The van der Waals surface area contributed by atoms with Gasteiger partial charge in [-0.05, 0) is 86.2 Å². The molecule has 0 aliphatic carbocycles. The first-order valence-electron chi connectivity index (χ1n) is 18.1. The van der Waals surface area contributed by atoms with Gasteiger partial charge in [-0.1, -0.05) is 18.2 Å². The van der Waals surface area contributed by atoms with Gasteiger partial charge >= 0.3 is 12.3 Å². The van der Waals surface area contributed by atoms with Gasteiger partial charge in [0.15, 0.2) is 10.9 Å². The van der Waals surface area contributed by atoms with Gasteiger partial charge in [-0.25, -0.2) is 18.6 Å². The molecule has 4 aromatic carbocycles. The zero-order chi connectivity index (χ0) is 42.8. The second kappa shape index (κ2) is 14.6. The van der Waals surface area contributed by atoms with Gasteiger partial charge in [-0.2, -0.15) is 23.5 Å². The van der Waals surface area contributed by atoms with Gasteiger partial charge in [-0.3, -0.25) is 29.5 Å². The summed E-state index contributed by atoms with van der Waals surface area (Å²) in [6.45, 7) is 2.32. The lowest BCUT2D eigenvalue weighted by atomic mass is 9.78. The molecule has 3 aliphatic rings. The Morgan fingerprint density at radius 2 is 1.78 bits per heavy atom. The Morgan fingerprint density at radius 1 is 1.05 bits per heavy atom. The summed E-state index contributed by atoms with van der Waals surface area (Å²) in [5, 5.41) is 19.1. The molecule has 0 radical (unpaired) electrons. The predicted octanol–water partition coefficient (Wildman–Crippen LogP) is 7.59. The normalized spacial score (nSPS) is 18.1. The molecule has 4 heterocycles. The number of carbonyl (C=O) groups is 3. The first kappa shape index (κ1) is 39.7. The zero-order valence-electron chi connectivity index (χ0n) is 31.6. The minimum atomic E-state index is -4.88. The molecule has 13 nitrogen and oxygen atoms in total. The van der Waals surface area contributed by atoms with E-state index in [0.717, 1.165) is 17.0 Å². The summed E-state index contributed by atoms with van der Waals surface area (Å²) in [7, 11) is 1.73. The molecule has 1 saturated heterocycles. The number of ether oxygens (including phenoxy) is 1. The van der Waals surface area contributed by atoms with Crippen molar-refractivity contribution in [3.8, 4) is 6.07 Å². The number of amides is 2. The monoisotopic (exact) mass is 839 g/mol. The number of halogens is 5. The van der Waals surface area contributed by atoms with Gasteiger partial charge in [0.25, 0.3) is 5.91 Å². The molecule has 0 unspecified atom stereocenters. The number of ketones is 1. The lowest BCUT2D eigenvalue weighted by Gasteiger charge is -2.37. The number of hydrogen-bond acceptors (Lipinski definition) is 10. The van der Waals surface area contributed by atoms with Crippen LogP contribution in [-0.4, -0.2) is 55.5 Å². The standard InChI is InChI=1S/C41H30F5N9O4S/c1-40(2)37(57)54(25-10-6-21(16-47)28(14-25)41(44,45)46)39(60)55(40)26-11-7-22(29(43)15-26)18-59-38(58)51-24-8-4-20(5-9-24)34-33(36-49-19-50-53(36)3)35-32-27(31(56)17-48-35)12-23(42)13-30(32)52-34/h4-15,19,33-34,52H,17-18H2,1-3H3,(H,51,58)/t33-,34-/m1/s1. The van der Waals surface area contributed by atoms with Crippen molar-refractivity contribution in [3.63, 3.8) is 0 Å². The van der Waals surface area contributed by atoms with Crippen LogP contribution in [0.4, 0.5) is 49.5 Å². The molecular formula is C41H30F5N9O4S. The third kappa shape index (κ3) is 6.77.